The van der Waals surface area contributed by atoms with E-state index in [0.29, 0.717) is 10.6 Å². The van der Waals surface area contributed by atoms with Gasteiger partial charge in [0.15, 0.2) is 0 Å². The van der Waals surface area contributed by atoms with Gasteiger partial charge in [-0.25, -0.2) is 0 Å². The number of hydrogen-bond acceptors (Lipinski definition) is 4. The van der Waals surface area contributed by atoms with Gasteiger partial charge in [0.25, 0.3) is 0 Å². The van der Waals surface area contributed by atoms with Crippen LogP contribution in [0.5, 0.6) is 0 Å². The molecule has 4 nitrogen and oxygen atoms in total. The monoisotopic (exact) mass is 299 g/mol. The Kier molecular flexibility index (Phi) is 6.27. The van der Waals surface area contributed by atoms with E-state index in [2.05, 4.69) is 0 Å². The Labute approximate surface area is 118 Å². The SMILES string of the molecule is CCOP(=O)(OCC)C(C#N)=Cc1cccc(Cl)c1. The highest BCUT2D eigenvalue weighted by molar-refractivity contribution is 7.59. The molecule has 0 radical (unpaired) electrons. The molecule has 0 amide bonds. The van der Waals surface area contributed by atoms with Crippen molar-refractivity contribution in [2.75, 3.05) is 13.2 Å². The van der Waals surface area contributed by atoms with Gasteiger partial charge < -0.3 is 9.05 Å². The normalized spacial score (nSPS) is 12.2. The molecule has 1 rings (SSSR count). The lowest BCUT2D eigenvalue weighted by Gasteiger charge is -2.15. The molecule has 0 saturated heterocycles. The summed E-state index contributed by atoms with van der Waals surface area (Å²) in [5, 5.41) is 9.67. The number of nitrogens with zero attached hydrogens (tertiary/aromatic N) is 1. The van der Waals surface area contributed by atoms with Crippen molar-refractivity contribution in [2.24, 2.45) is 0 Å². The molecular weight excluding hydrogens is 285 g/mol. The zero-order valence-corrected chi connectivity index (χ0v) is 12.4. The minimum Gasteiger partial charge on any atom is -0.305 e. The summed E-state index contributed by atoms with van der Waals surface area (Å²) < 4.78 is 22.7. The zero-order chi connectivity index (χ0) is 14.3. The first kappa shape index (κ1) is 15.9. The van der Waals surface area contributed by atoms with Gasteiger partial charge in [-0.3, -0.25) is 4.57 Å². The molecule has 6 heteroatoms. The predicted octanol–water partition coefficient (Wildman–Crippen LogP) is 4.47. The summed E-state index contributed by atoms with van der Waals surface area (Å²) in [5.74, 6) is 0. The van der Waals surface area contributed by atoms with Crippen LogP contribution in [0.3, 0.4) is 0 Å². The Morgan fingerprint density at radius 1 is 1.42 bits per heavy atom. The fourth-order valence-electron chi connectivity index (χ4n) is 1.44. The zero-order valence-electron chi connectivity index (χ0n) is 10.8. The van der Waals surface area contributed by atoms with Gasteiger partial charge in [0.05, 0.1) is 13.2 Å². The van der Waals surface area contributed by atoms with Gasteiger partial charge in [-0.05, 0) is 37.6 Å². The highest BCUT2D eigenvalue weighted by atomic mass is 35.5. The van der Waals surface area contributed by atoms with E-state index in [4.69, 9.17) is 25.9 Å². The van der Waals surface area contributed by atoms with Gasteiger partial charge in [0.2, 0.25) is 0 Å². The highest BCUT2D eigenvalue weighted by Gasteiger charge is 2.29. The molecule has 0 aliphatic heterocycles. The van der Waals surface area contributed by atoms with Crippen LogP contribution < -0.4 is 0 Å². The minimum absolute atomic E-state index is 0.0292. The third-order valence-corrected chi connectivity index (χ3v) is 4.41. The van der Waals surface area contributed by atoms with E-state index in [1.165, 1.54) is 6.08 Å². The number of halogens is 1. The Hall–Kier alpha value is -1.11. The molecule has 0 N–H and O–H groups in total. The first-order valence-corrected chi connectivity index (χ1v) is 7.74. The molecule has 0 saturated carbocycles. The van der Waals surface area contributed by atoms with Crippen LogP contribution in [0, 0.1) is 11.3 Å². The van der Waals surface area contributed by atoms with Crippen molar-refractivity contribution in [1.29, 1.82) is 5.26 Å². The minimum atomic E-state index is -3.55. The van der Waals surface area contributed by atoms with Crippen molar-refractivity contribution in [1.82, 2.24) is 0 Å². The van der Waals surface area contributed by atoms with Gasteiger partial charge in [-0.2, -0.15) is 5.26 Å². The molecular formula is C13H15ClNO3P. The van der Waals surface area contributed by atoms with Gasteiger partial charge in [0.1, 0.15) is 11.4 Å². The lowest BCUT2D eigenvalue weighted by molar-refractivity contribution is 0.227. The van der Waals surface area contributed by atoms with Crippen molar-refractivity contribution >= 4 is 25.3 Å². The van der Waals surface area contributed by atoms with E-state index in [1.54, 1.807) is 38.1 Å². The Morgan fingerprint density at radius 2 is 2.05 bits per heavy atom. The standard InChI is InChI=1S/C13H15ClNO3P/c1-3-17-19(16,18-4-2)13(10-15)9-11-6-5-7-12(14)8-11/h5-9H,3-4H2,1-2H3. The Morgan fingerprint density at radius 3 is 2.53 bits per heavy atom. The van der Waals surface area contributed by atoms with Gasteiger partial charge in [0, 0.05) is 5.02 Å². The maximum Gasteiger partial charge on any atom is 0.371 e. The molecule has 0 aliphatic rings. The van der Waals surface area contributed by atoms with Crippen LogP contribution in [-0.2, 0) is 13.6 Å². The Balaban J connectivity index is 3.18. The first-order valence-electron chi connectivity index (χ1n) is 5.82. The summed E-state index contributed by atoms with van der Waals surface area (Å²) in [7, 11) is -3.55. The third-order valence-electron chi connectivity index (χ3n) is 2.16. The van der Waals surface area contributed by atoms with E-state index < -0.39 is 7.60 Å². The van der Waals surface area contributed by atoms with Gasteiger partial charge >= 0.3 is 7.60 Å². The maximum atomic E-state index is 12.5. The second-order valence-corrected chi connectivity index (χ2v) is 5.96. The molecule has 0 spiro atoms. The van der Waals surface area contributed by atoms with E-state index in [9.17, 15) is 4.57 Å². The van der Waals surface area contributed by atoms with Gasteiger partial charge in [-0.15, -0.1) is 0 Å². The van der Waals surface area contributed by atoms with E-state index in [1.807, 2.05) is 6.07 Å². The van der Waals surface area contributed by atoms with Crippen LogP contribution in [-0.4, -0.2) is 13.2 Å². The number of allylic oxidation sites excluding steroid dienone is 1. The first-order chi connectivity index (χ1) is 9.05. The summed E-state index contributed by atoms with van der Waals surface area (Å²) in [6.07, 6.45) is 1.47. The summed E-state index contributed by atoms with van der Waals surface area (Å²) in [5.41, 5.74) is 0.670. The van der Waals surface area contributed by atoms with Crippen molar-refractivity contribution in [3.05, 3.63) is 40.2 Å². The molecule has 0 fully saturated rings. The average Bonchev–Trinajstić information content (AvgIpc) is 2.36. The average molecular weight is 300 g/mol. The largest absolute Gasteiger partial charge is 0.371 e. The molecule has 0 atom stereocenters. The fourth-order valence-corrected chi connectivity index (χ4v) is 3.10. The second kappa shape index (κ2) is 7.47. The highest BCUT2D eigenvalue weighted by Crippen LogP contribution is 2.56. The van der Waals surface area contributed by atoms with E-state index >= 15 is 0 Å². The number of nitriles is 1. The smallest absolute Gasteiger partial charge is 0.305 e. The molecule has 1 aromatic rings. The van der Waals surface area contributed by atoms with Crippen molar-refractivity contribution in [2.45, 2.75) is 13.8 Å². The molecule has 0 bridgehead atoms. The third kappa shape index (κ3) is 4.49. The van der Waals surface area contributed by atoms with E-state index in [0.717, 1.165) is 0 Å². The van der Waals surface area contributed by atoms with E-state index in [-0.39, 0.29) is 18.5 Å². The second-order valence-electron chi connectivity index (χ2n) is 3.53. The lowest BCUT2D eigenvalue weighted by Crippen LogP contribution is -1.97. The molecule has 102 valence electrons. The van der Waals surface area contributed by atoms with Crippen LogP contribution in [0.15, 0.2) is 29.6 Å². The number of benzene rings is 1. The Bertz CT molecular complexity index is 541. The predicted molar refractivity (Wildman–Crippen MR) is 75.9 cm³/mol. The van der Waals surface area contributed by atoms with Crippen LogP contribution in [0.25, 0.3) is 6.08 Å². The molecule has 19 heavy (non-hydrogen) atoms. The molecule has 0 aliphatic carbocycles. The summed E-state index contributed by atoms with van der Waals surface area (Å²) >= 11 is 5.86. The maximum absolute atomic E-state index is 12.5. The number of rotatable bonds is 6. The molecule has 1 aromatic carbocycles. The summed E-state index contributed by atoms with van der Waals surface area (Å²) in [4.78, 5) is 0. The van der Waals surface area contributed by atoms with Crippen LogP contribution in [0.4, 0.5) is 0 Å². The molecule has 0 heterocycles. The van der Waals surface area contributed by atoms with Crippen LogP contribution in [0.2, 0.25) is 5.02 Å². The lowest BCUT2D eigenvalue weighted by atomic mass is 10.2. The quantitative estimate of drug-likeness (QED) is 0.574. The van der Waals surface area contributed by atoms with Crippen molar-refractivity contribution in [3.8, 4) is 6.07 Å². The molecule has 0 unspecified atom stereocenters. The van der Waals surface area contributed by atoms with Crippen LogP contribution in [0.1, 0.15) is 19.4 Å². The number of hydrogen-bond donors (Lipinski definition) is 0. The topological polar surface area (TPSA) is 59.3 Å². The van der Waals surface area contributed by atoms with Crippen molar-refractivity contribution in [3.63, 3.8) is 0 Å². The molecule has 0 aromatic heterocycles. The van der Waals surface area contributed by atoms with Gasteiger partial charge in [-0.1, -0.05) is 23.7 Å². The summed E-state index contributed by atoms with van der Waals surface area (Å²) in [6, 6.07) is 8.77. The van der Waals surface area contributed by atoms with Crippen molar-refractivity contribution < 1.29 is 13.6 Å². The summed E-state index contributed by atoms with van der Waals surface area (Å²) in [6.45, 7) is 3.79. The van der Waals surface area contributed by atoms with Crippen LogP contribution >= 0.6 is 19.2 Å². The fraction of sp³-hybridized carbons (Fsp3) is 0.308.